The quantitative estimate of drug-likeness (QED) is 0.763. The van der Waals surface area contributed by atoms with Crippen LogP contribution < -0.4 is 5.32 Å². The summed E-state index contributed by atoms with van der Waals surface area (Å²) in [5.74, 6) is 0.578. The highest BCUT2D eigenvalue weighted by Gasteiger charge is 2.30. The summed E-state index contributed by atoms with van der Waals surface area (Å²) in [6.45, 7) is 11.8. The number of hydrogen-bond donors (Lipinski definition) is 2. The van der Waals surface area contributed by atoms with Gasteiger partial charge in [-0.15, -0.1) is 0 Å². The highest BCUT2D eigenvalue weighted by Crippen LogP contribution is 2.28. The maximum absolute atomic E-state index is 12.8. The molecule has 24 heavy (non-hydrogen) atoms. The van der Waals surface area contributed by atoms with Crippen LogP contribution in [-0.4, -0.2) is 16.0 Å². The van der Waals surface area contributed by atoms with Crippen molar-refractivity contribution in [2.24, 2.45) is 0 Å². The Balaban J connectivity index is 1.94. The molecule has 0 bridgehead atoms. The predicted molar refractivity (Wildman–Crippen MR) is 94.2 cm³/mol. The van der Waals surface area contributed by atoms with E-state index >= 15 is 0 Å². The van der Waals surface area contributed by atoms with Gasteiger partial charge in [0.2, 0.25) is 0 Å². The van der Waals surface area contributed by atoms with Gasteiger partial charge in [-0.25, -0.2) is 0 Å². The molecule has 0 saturated heterocycles. The van der Waals surface area contributed by atoms with Gasteiger partial charge < -0.3 is 14.8 Å². The first-order valence-electron chi connectivity index (χ1n) is 8.05. The average molecular weight is 325 g/mol. The number of nitrogens with zero attached hydrogens (tertiary/aromatic N) is 1. The van der Waals surface area contributed by atoms with Gasteiger partial charge in [-0.2, -0.15) is 0 Å². The molecular formula is C19H23N3O2. The van der Waals surface area contributed by atoms with E-state index in [1.165, 1.54) is 11.1 Å². The average Bonchev–Trinajstić information content (AvgIpc) is 3.07. The molecule has 0 unspecified atom stereocenters. The van der Waals surface area contributed by atoms with E-state index in [1.54, 1.807) is 0 Å². The van der Waals surface area contributed by atoms with E-state index in [1.807, 2.05) is 39.8 Å². The topological polar surface area (TPSA) is 70.9 Å². The molecule has 5 heteroatoms. The molecule has 5 nitrogen and oxygen atoms in total. The van der Waals surface area contributed by atoms with Crippen molar-refractivity contribution in [2.75, 3.05) is 0 Å². The number of fused-ring (bicyclic) bond motifs is 1. The number of aromatic amines is 1. The first kappa shape index (κ1) is 16.3. The van der Waals surface area contributed by atoms with Gasteiger partial charge in [-0.05, 0) is 64.8 Å². The third-order valence-electron chi connectivity index (χ3n) is 4.67. The van der Waals surface area contributed by atoms with Crippen molar-refractivity contribution in [1.29, 1.82) is 0 Å². The van der Waals surface area contributed by atoms with Crippen LogP contribution in [0.5, 0.6) is 0 Å². The Labute approximate surface area is 141 Å². The van der Waals surface area contributed by atoms with Crippen molar-refractivity contribution >= 4 is 16.8 Å². The van der Waals surface area contributed by atoms with Crippen LogP contribution in [0.2, 0.25) is 0 Å². The molecule has 2 heterocycles. The zero-order valence-electron chi connectivity index (χ0n) is 15.0. The van der Waals surface area contributed by atoms with E-state index in [-0.39, 0.29) is 5.91 Å². The minimum atomic E-state index is -0.576. The molecule has 0 atom stereocenters. The number of aromatic nitrogens is 2. The van der Waals surface area contributed by atoms with Crippen LogP contribution in [0.3, 0.4) is 0 Å². The van der Waals surface area contributed by atoms with Gasteiger partial charge in [-0.1, -0.05) is 11.2 Å². The molecule has 2 N–H and O–H groups in total. The fourth-order valence-electron chi connectivity index (χ4n) is 3.37. The number of benzene rings is 1. The van der Waals surface area contributed by atoms with Crippen molar-refractivity contribution in [1.82, 2.24) is 15.5 Å². The van der Waals surface area contributed by atoms with Crippen LogP contribution in [0.25, 0.3) is 10.9 Å². The van der Waals surface area contributed by atoms with Crippen LogP contribution in [0.1, 0.15) is 52.5 Å². The highest BCUT2D eigenvalue weighted by atomic mass is 16.5. The molecule has 0 fully saturated rings. The van der Waals surface area contributed by atoms with E-state index in [4.69, 9.17) is 4.52 Å². The zero-order chi connectivity index (χ0) is 17.6. The normalized spacial score (nSPS) is 11.9. The Hall–Kier alpha value is -2.56. The second-order valence-electron chi connectivity index (χ2n) is 6.93. The second kappa shape index (κ2) is 5.51. The third-order valence-corrected chi connectivity index (χ3v) is 4.67. The highest BCUT2D eigenvalue weighted by molar-refractivity contribution is 5.99. The number of amides is 1. The number of H-pyrrole nitrogens is 1. The molecule has 3 aromatic rings. The lowest BCUT2D eigenvalue weighted by atomic mass is 9.92. The molecule has 1 aromatic carbocycles. The van der Waals surface area contributed by atoms with Crippen molar-refractivity contribution in [3.05, 3.63) is 52.0 Å². The van der Waals surface area contributed by atoms with Crippen LogP contribution in [0, 0.1) is 27.7 Å². The molecule has 0 radical (unpaired) electrons. The summed E-state index contributed by atoms with van der Waals surface area (Å²) >= 11 is 0. The summed E-state index contributed by atoms with van der Waals surface area (Å²) in [6, 6.07) is 5.98. The van der Waals surface area contributed by atoms with Crippen molar-refractivity contribution in [3.8, 4) is 0 Å². The van der Waals surface area contributed by atoms with E-state index < -0.39 is 5.54 Å². The number of hydrogen-bond acceptors (Lipinski definition) is 3. The number of rotatable bonds is 3. The SMILES string of the molecule is Cc1ccc2[nH]c(C(=O)NC(C)(C)c3c(C)noc3C)cc2c1C. The lowest BCUT2D eigenvalue weighted by Crippen LogP contribution is -2.41. The first-order valence-corrected chi connectivity index (χ1v) is 8.05. The maximum atomic E-state index is 12.8. The smallest absolute Gasteiger partial charge is 0.268 e. The first-order chi connectivity index (χ1) is 11.2. The molecule has 0 aliphatic rings. The van der Waals surface area contributed by atoms with Gasteiger partial charge in [0.1, 0.15) is 11.5 Å². The van der Waals surface area contributed by atoms with Crippen molar-refractivity contribution < 1.29 is 9.32 Å². The summed E-state index contributed by atoms with van der Waals surface area (Å²) in [5, 5.41) is 8.14. The molecule has 0 aliphatic carbocycles. The van der Waals surface area contributed by atoms with E-state index in [9.17, 15) is 4.79 Å². The molecule has 126 valence electrons. The minimum absolute atomic E-state index is 0.145. The fraction of sp³-hybridized carbons (Fsp3) is 0.368. The molecule has 0 saturated carbocycles. The second-order valence-corrected chi connectivity index (χ2v) is 6.93. The van der Waals surface area contributed by atoms with Gasteiger partial charge in [0, 0.05) is 16.5 Å². The molecule has 1 amide bonds. The Morgan fingerprint density at radius 3 is 2.54 bits per heavy atom. The van der Waals surface area contributed by atoms with E-state index in [0.717, 1.165) is 27.9 Å². The Morgan fingerprint density at radius 1 is 1.21 bits per heavy atom. The third kappa shape index (κ3) is 2.60. The summed E-state index contributed by atoms with van der Waals surface area (Å²) in [6.07, 6.45) is 0. The van der Waals surface area contributed by atoms with Gasteiger partial charge in [0.05, 0.1) is 11.2 Å². The largest absolute Gasteiger partial charge is 0.361 e. The lowest BCUT2D eigenvalue weighted by Gasteiger charge is -2.26. The summed E-state index contributed by atoms with van der Waals surface area (Å²) in [4.78, 5) is 16.0. The van der Waals surface area contributed by atoms with Gasteiger partial charge in [0.15, 0.2) is 0 Å². The Bertz CT molecular complexity index is 912. The monoisotopic (exact) mass is 325 g/mol. The van der Waals surface area contributed by atoms with Gasteiger partial charge in [-0.3, -0.25) is 4.79 Å². The van der Waals surface area contributed by atoms with Gasteiger partial charge in [0.25, 0.3) is 5.91 Å². The molecular weight excluding hydrogens is 302 g/mol. The van der Waals surface area contributed by atoms with Crippen LogP contribution in [0.4, 0.5) is 0 Å². The lowest BCUT2D eigenvalue weighted by molar-refractivity contribution is 0.0907. The van der Waals surface area contributed by atoms with Crippen molar-refractivity contribution in [2.45, 2.75) is 47.1 Å². The van der Waals surface area contributed by atoms with E-state index in [0.29, 0.717) is 5.69 Å². The molecule has 0 spiro atoms. The minimum Gasteiger partial charge on any atom is -0.361 e. The number of carbonyl (C=O) groups is 1. The number of aryl methyl sites for hydroxylation is 4. The summed E-state index contributed by atoms with van der Waals surface area (Å²) in [7, 11) is 0. The molecule has 2 aromatic heterocycles. The molecule has 3 rings (SSSR count). The van der Waals surface area contributed by atoms with Crippen LogP contribution in [0.15, 0.2) is 22.7 Å². The maximum Gasteiger partial charge on any atom is 0.268 e. The molecule has 0 aliphatic heterocycles. The van der Waals surface area contributed by atoms with Gasteiger partial charge >= 0.3 is 0 Å². The van der Waals surface area contributed by atoms with Crippen LogP contribution >= 0.6 is 0 Å². The standard InChI is InChI=1S/C19H23N3O2/c1-10-7-8-15-14(11(10)2)9-16(20-15)18(23)21-19(5,6)17-12(3)22-24-13(17)4/h7-9,20H,1-6H3,(H,21,23). The van der Waals surface area contributed by atoms with Crippen LogP contribution in [-0.2, 0) is 5.54 Å². The number of carbonyl (C=O) groups excluding carboxylic acids is 1. The number of nitrogens with one attached hydrogen (secondary N) is 2. The fourth-order valence-corrected chi connectivity index (χ4v) is 3.37. The van der Waals surface area contributed by atoms with Crippen molar-refractivity contribution in [3.63, 3.8) is 0 Å². The predicted octanol–water partition coefficient (Wildman–Crippen LogP) is 4.05. The Morgan fingerprint density at radius 2 is 1.92 bits per heavy atom. The summed E-state index contributed by atoms with van der Waals surface area (Å²) in [5.41, 5.74) is 5.06. The Kier molecular flexibility index (Phi) is 3.74. The zero-order valence-corrected chi connectivity index (χ0v) is 15.0. The van der Waals surface area contributed by atoms with E-state index in [2.05, 4.69) is 35.4 Å². The summed E-state index contributed by atoms with van der Waals surface area (Å²) < 4.78 is 5.24.